The zero-order valence-electron chi connectivity index (χ0n) is 11.8. The molecule has 0 fully saturated rings. The standard InChI is InChI=1S/C17H17F2NO/c1-20-17(12-6-7-14(18)15(19)9-12)13-8-11-4-2-3-5-16(11)21-10-13/h2-7,9,13,17,20H,8,10H2,1H3. The Morgan fingerprint density at radius 3 is 2.71 bits per heavy atom. The highest BCUT2D eigenvalue weighted by Crippen LogP contribution is 2.33. The van der Waals surface area contributed by atoms with Gasteiger partial charge in [0, 0.05) is 12.0 Å². The predicted octanol–water partition coefficient (Wildman–Crippen LogP) is 3.48. The number of para-hydroxylation sites is 1. The molecule has 2 nitrogen and oxygen atoms in total. The van der Waals surface area contributed by atoms with E-state index in [-0.39, 0.29) is 12.0 Å². The van der Waals surface area contributed by atoms with Crippen LogP contribution >= 0.6 is 0 Å². The lowest BCUT2D eigenvalue weighted by atomic mass is 9.86. The summed E-state index contributed by atoms with van der Waals surface area (Å²) in [5, 5.41) is 3.20. The molecule has 0 aliphatic carbocycles. The highest BCUT2D eigenvalue weighted by atomic mass is 19.2. The Balaban J connectivity index is 1.86. The number of nitrogens with one attached hydrogen (secondary N) is 1. The van der Waals surface area contributed by atoms with Crippen LogP contribution in [-0.4, -0.2) is 13.7 Å². The van der Waals surface area contributed by atoms with Gasteiger partial charge in [0.1, 0.15) is 5.75 Å². The largest absolute Gasteiger partial charge is 0.493 e. The second-order valence-electron chi connectivity index (χ2n) is 5.32. The van der Waals surface area contributed by atoms with Crippen molar-refractivity contribution < 1.29 is 13.5 Å². The number of hydrogen-bond acceptors (Lipinski definition) is 2. The van der Waals surface area contributed by atoms with Crippen molar-refractivity contribution in [1.29, 1.82) is 0 Å². The molecular formula is C17H17F2NO. The maximum Gasteiger partial charge on any atom is 0.159 e. The van der Waals surface area contributed by atoms with E-state index < -0.39 is 11.6 Å². The van der Waals surface area contributed by atoms with E-state index in [1.165, 1.54) is 12.1 Å². The van der Waals surface area contributed by atoms with Crippen molar-refractivity contribution in [3.8, 4) is 5.75 Å². The van der Waals surface area contributed by atoms with E-state index >= 15 is 0 Å². The van der Waals surface area contributed by atoms with Gasteiger partial charge in [0.05, 0.1) is 6.61 Å². The van der Waals surface area contributed by atoms with Gasteiger partial charge in [-0.05, 0) is 42.8 Å². The van der Waals surface area contributed by atoms with Gasteiger partial charge in [-0.1, -0.05) is 24.3 Å². The fourth-order valence-electron chi connectivity index (χ4n) is 2.95. The van der Waals surface area contributed by atoms with Crippen LogP contribution < -0.4 is 10.1 Å². The monoisotopic (exact) mass is 289 g/mol. The number of benzene rings is 2. The molecule has 1 aliphatic rings. The predicted molar refractivity (Wildman–Crippen MR) is 77.3 cm³/mol. The fraction of sp³-hybridized carbons (Fsp3) is 0.294. The molecule has 2 unspecified atom stereocenters. The van der Waals surface area contributed by atoms with Crippen molar-refractivity contribution in [2.75, 3.05) is 13.7 Å². The van der Waals surface area contributed by atoms with Crippen molar-refractivity contribution in [2.45, 2.75) is 12.5 Å². The Hall–Kier alpha value is -1.94. The molecule has 0 bridgehead atoms. The Kier molecular flexibility index (Phi) is 3.88. The first-order valence-corrected chi connectivity index (χ1v) is 7.02. The first-order chi connectivity index (χ1) is 10.2. The Morgan fingerprint density at radius 2 is 1.95 bits per heavy atom. The molecule has 0 spiro atoms. The first-order valence-electron chi connectivity index (χ1n) is 7.02. The zero-order valence-corrected chi connectivity index (χ0v) is 11.8. The molecule has 0 saturated carbocycles. The topological polar surface area (TPSA) is 21.3 Å². The van der Waals surface area contributed by atoms with Crippen LogP contribution in [0.4, 0.5) is 8.78 Å². The van der Waals surface area contributed by atoms with Crippen molar-refractivity contribution in [3.05, 3.63) is 65.2 Å². The first kappa shape index (κ1) is 14.0. The maximum absolute atomic E-state index is 13.4. The van der Waals surface area contributed by atoms with E-state index in [0.29, 0.717) is 6.61 Å². The van der Waals surface area contributed by atoms with Gasteiger partial charge in [0.15, 0.2) is 11.6 Å². The zero-order chi connectivity index (χ0) is 14.8. The number of halogens is 2. The third-order valence-electron chi connectivity index (χ3n) is 3.99. The summed E-state index contributed by atoms with van der Waals surface area (Å²) in [7, 11) is 1.83. The van der Waals surface area contributed by atoms with E-state index in [2.05, 4.69) is 5.32 Å². The molecule has 2 atom stereocenters. The van der Waals surface area contributed by atoms with Gasteiger partial charge in [0.25, 0.3) is 0 Å². The molecule has 1 N–H and O–H groups in total. The SMILES string of the molecule is CNC(c1ccc(F)c(F)c1)C1COc2ccccc2C1. The summed E-state index contributed by atoms with van der Waals surface area (Å²) < 4.78 is 32.3. The molecule has 4 heteroatoms. The van der Waals surface area contributed by atoms with E-state index in [4.69, 9.17) is 4.74 Å². The van der Waals surface area contributed by atoms with Gasteiger partial charge < -0.3 is 10.1 Å². The highest BCUT2D eigenvalue weighted by molar-refractivity contribution is 5.36. The van der Waals surface area contributed by atoms with Gasteiger partial charge in [-0.15, -0.1) is 0 Å². The average Bonchev–Trinajstić information content (AvgIpc) is 2.51. The fourth-order valence-corrected chi connectivity index (χ4v) is 2.95. The second-order valence-corrected chi connectivity index (χ2v) is 5.32. The van der Waals surface area contributed by atoms with Crippen molar-refractivity contribution in [2.24, 2.45) is 5.92 Å². The van der Waals surface area contributed by atoms with Crippen LogP contribution in [0.1, 0.15) is 17.2 Å². The maximum atomic E-state index is 13.4. The lowest BCUT2D eigenvalue weighted by Crippen LogP contribution is -2.33. The van der Waals surface area contributed by atoms with Gasteiger partial charge in [-0.2, -0.15) is 0 Å². The smallest absolute Gasteiger partial charge is 0.159 e. The van der Waals surface area contributed by atoms with E-state index in [1.54, 1.807) is 6.07 Å². The lowest BCUT2D eigenvalue weighted by molar-refractivity contribution is 0.188. The summed E-state index contributed by atoms with van der Waals surface area (Å²) in [6, 6.07) is 11.9. The molecule has 1 aliphatic heterocycles. The van der Waals surface area contributed by atoms with Crippen LogP contribution in [0.2, 0.25) is 0 Å². The van der Waals surface area contributed by atoms with E-state index in [1.807, 2.05) is 31.3 Å². The molecule has 2 aromatic carbocycles. The molecule has 3 rings (SSSR count). The Bertz CT molecular complexity index is 644. The summed E-state index contributed by atoms with van der Waals surface area (Å²) >= 11 is 0. The summed E-state index contributed by atoms with van der Waals surface area (Å²) in [4.78, 5) is 0. The summed E-state index contributed by atoms with van der Waals surface area (Å²) in [5.74, 6) is -0.549. The lowest BCUT2D eigenvalue weighted by Gasteiger charge is -2.31. The summed E-state index contributed by atoms with van der Waals surface area (Å²) in [6.45, 7) is 0.557. The van der Waals surface area contributed by atoms with Crippen LogP contribution in [0, 0.1) is 17.6 Å². The van der Waals surface area contributed by atoms with E-state index in [9.17, 15) is 8.78 Å². The normalized spacial score (nSPS) is 18.7. The van der Waals surface area contributed by atoms with Gasteiger partial charge in [-0.3, -0.25) is 0 Å². The minimum Gasteiger partial charge on any atom is -0.493 e. The number of fused-ring (bicyclic) bond motifs is 1. The minimum absolute atomic E-state index is 0.0755. The van der Waals surface area contributed by atoms with Crippen molar-refractivity contribution >= 4 is 0 Å². The van der Waals surface area contributed by atoms with Gasteiger partial charge in [0.2, 0.25) is 0 Å². The third kappa shape index (κ3) is 2.76. The molecule has 110 valence electrons. The summed E-state index contributed by atoms with van der Waals surface area (Å²) in [5.41, 5.74) is 1.89. The highest BCUT2D eigenvalue weighted by Gasteiger charge is 2.28. The van der Waals surface area contributed by atoms with Gasteiger partial charge >= 0.3 is 0 Å². The minimum atomic E-state index is -0.821. The van der Waals surface area contributed by atoms with Crippen molar-refractivity contribution in [1.82, 2.24) is 5.32 Å². The average molecular weight is 289 g/mol. The Labute approximate surface area is 122 Å². The molecule has 1 heterocycles. The molecule has 0 amide bonds. The van der Waals surface area contributed by atoms with Crippen LogP contribution in [0.15, 0.2) is 42.5 Å². The van der Waals surface area contributed by atoms with Crippen LogP contribution in [-0.2, 0) is 6.42 Å². The molecular weight excluding hydrogens is 272 g/mol. The second kappa shape index (κ2) is 5.82. The third-order valence-corrected chi connectivity index (χ3v) is 3.99. The number of ether oxygens (including phenoxy) is 1. The van der Waals surface area contributed by atoms with Crippen LogP contribution in [0.3, 0.4) is 0 Å². The van der Waals surface area contributed by atoms with Crippen molar-refractivity contribution in [3.63, 3.8) is 0 Å². The number of rotatable bonds is 3. The van der Waals surface area contributed by atoms with Gasteiger partial charge in [-0.25, -0.2) is 8.78 Å². The van der Waals surface area contributed by atoms with Crippen LogP contribution in [0.25, 0.3) is 0 Å². The number of hydrogen-bond donors (Lipinski definition) is 1. The van der Waals surface area contributed by atoms with Crippen LogP contribution in [0.5, 0.6) is 5.75 Å². The molecule has 0 saturated heterocycles. The quantitative estimate of drug-likeness (QED) is 0.934. The molecule has 0 radical (unpaired) electrons. The molecule has 21 heavy (non-hydrogen) atoms. The van der Waals surface area contributed by atoms with E-state index in [0.717, 1.165) is 23.3 Å². The molecule has 2 aromatic rings. The summed E-state index contributed by atoms with van der Waals surface area (Å²) in [6.07, 6.45) is 0.848. The Morgan fingerprint density at radius 1 is 1.14 bits per heavy atom. The molecule has 0 aromatic heterocycles.